The van der Waals surface area contributed by atoms with Crippen LogP contribution in [0.15, 0.2) is 29.3 Å². The van der Waals surface area contributed by atoms with E-state index in [-0.39, 0.29) is 42.9 Å². The lowest BCUT2D eigenvalue weighted by molar-refractivity contribution is -0.137. The minimum Gasteiger partial charge on any atom is -0.491 e. The van der Waals surface area contributed by atoms with Crippen LogP contribution in [0.3, 0.4) is 0 Å². The second kappa shape index (κ2) is 10.8. The molecule has 148 valence electrons. The number of rotatable bonds is 5. The molecule has 0 amide bonds. The number of likely N-dealkylation sites (tertiary alicyclic amines) is 1. The van der Waals surface area contributed by atoms with Crippen molar-refractivity contribution in [3.05, 3.63) is 29.8 Å². The summed E-state index contributed by atoms with van der Waals surface area (Å²) in [6.07, 6.45) is -0.725. The number of benzene rings is 1. The second-order valence-corrected chi connectivity index (χ2v) is 6.09. The van der Waals surface area contributed by atoms with Gasteiger partial charge in [0.2, 0.25) is 0 Å². The van der Waals surface area contributed by atoms with E-state index in [1.165, 1.54) is 25.0 Å². The highest BCUT2D eigenvalue weighted by atomic mass is 127. The van der Waals surface area contributed by atoms with Gasteiger partial charge < -0.3 is 20.5 Å². The Morgan fingerprint density at radius 3 is 2.27 bits per heavy atom. The number of aliphatic imine (C=N–C) groups is 1. The first-order chi connectivity index (χ1) is 11.9. The van der Waals surface area contributed by atoms with Crippen molar-refractivity contribution in [1.82, 2.24) is 4.90 Å². The van der Waals surface area contributed by atoms with Crippen molar-refractivity contribution in [3.63, 3.8) is 0 Å². The van der Waals surface area contributed by atoms with Gasteiger partial charge in [-0.05, 0) is 37.1 Å². The number of alkyl halides is 3. The van der Waals surface area contributed by atoms with Crippen molar-refractivity contribution in [2.75, 3.05) is 26.2 Å². The maximum Gasteiger partial charge on any atom is 0.416 e. The summed E-state index contributed by atoms with van der Waals surface area (Å²) in [5.41, 5.74) is 5.21. The number of hydrogen-bond acceptors (Lipinski definition) is 3. The third-order valence-corrected chi connectivity index (χ3v) is 4.02. The van der Waals surface area contributed by atoms with E-state index in [1.54, 1.807) is 0 Å². The Labute approximate surface area is 168 Å². The van der Waals surface area contributed by atoms with E-state index < -0.39 is 17.8 Å². The van der Waals surface area contributed by atoms with Crippen molar-refractivity contribution in [2.45, 2.75) is 38.0 Å². The molecule has 0 aliphatic carbocycles. The monoisotopic (exact) mass is 487 g/mol. The molecule has 0 saturated carbocycles. The van der Waals surface area contributed by atoms with E-state index in [0.29, 0.717) is 5.96 Å². The van der Waals surface area contributed by atoms with Crippen LogP contribution in [-0.4, -0.2) is 48.3 Å². The number of ether oxygens (including phenoxy) is 1. The highest BCUT2D eigenvalue weighted by molar-refractivity contribution is 14.0. The number of halogens is 4. The Kier molecular flexibility index (Phi) is 9.48. The van der Waals surface area contributed by atoms with E-state index in [0.717, 1.165) is 38.1 Å². The van der Waals surface area contributed by atoms with Crippen LogP contribution in [0.4, 0.5) is 13.2 Å². The summed E-state index contributed by atoms with van der Waals surface area (Å²) < 4.78 is 42.7. The number of aliphatic hydroxyl groups excluding tert-OH is 1. The average molecular weight is 487 g/mol. The van der Waals surface area contributed by atoms with Crippen LogP contribution in [-0.2, 0) is 6.18 Å². The Hall–Kier alpha value is -1.23. The molecule has 1 aliphatic heterocycles. The molecule has 0 radical (unpaired) electrons. The third kappa shape index (κ3) is 7.56. The molecule has 1 fully saturated rings. The lowest BCUT2D eigenvalue weighted by atomic mass is 10.2. The molecule has 1 atom stereocenters. The Morgan fingerprint density at radius 2 is 1.73 bits per heavy atom. The van der Waals surface area contributed by atoms with Gasteiger partial charge >= 0.3 is 6.18 Å². The summed E-state index contributed by atoms with van der Waals surface area (Å²) in [7, 11) is 0. The van der Waals surface area contributed by atoms with Gasteiger partial charge in [-0.25, -0.2) is 0 Å². The third-order valence-electron chi connectivity index (χ3n) is 4.02. The fourth-order valence-electron chi connectivity index (χ4n) is 2.58. The van der Waals surface area contributed by atoms with Gasteiger partial charge in [0.25, 0.3) is 0 Å². The summed E-state index contributed by atoms with van der Waals surface area (Å²) in [6, 6.07) is 4.34. The summed E-state index contributed by atoms with van der Waals surface area (Å²) in [4.78, 5) is 6.20. The van der Waals surface area contributed by atoms with Crippen LogP contribution < -0.4 is 10.5 Å². The molecular weight excluding hydrogens is 462 g/mol. The van der Waals surface area contributed by atoms with E-state index >= 15 is 0 Å². The normalized spacial score (nSPS) is 17.2. The van der Waals surface area contributed by atoms with Gasteiger partial charge in [-0.15, -0.1) is 24.0 Å². The molecule has 1 aromatic rings. The fraction of sp³-hybridized carbons (Fsp3) is 0.588. The van der Waals surface area contributed by atoms with Crippen molar-refractivity contribution in [3.8, 4) is 5.75 Å². The van der Waals surface area contributed by atoms with Gasteiger partial charge in [-0.3, -0.25) is 4.99 Å². The lowest BCUT2D eigenvalue weighted by Gasteiger charge is -2.21. The van der Waals surface area contributed by atoms with E-state index in [2.05, 4.69) is 4.99 Å². The van der Waals surface area contributed by atoms with Gasteiger partial charge in [0, 0.05) is 13.1 Å². The van der Waals surface area contributed by atoms with Crippen molar-refractivity contribution < 1.29 is 23.0 Å². The smallest absolute Gasteiger partial charge is 0.416 e. The molecule has 1 aliphatic rings. The predicted molar refractivity (Wildman–Crippen MR) is 105 cm³/mol. The first-order valence-corrected chi connectivity index (χ1v) is 8.39. The summed E-state index contributed by atoms with van der Waals surface area (Å²) >= 11 is 0. The quantitative estimate of drug-likeness (QED) is 0.380. The second-order valence-electron chi connectivity index (χ2n) is 6.09. The standard InChI is InChI=1S/C17H24F3N3O2.HI/c18-17(19,20)13-5-7-15(8-6-13)25-12-14(24)11-22-16(21)23-9-3-1-2-4-10-23;/h5-8,14,24H,1-4,9-12H2,(H2,21,22);1H. The zero-order chi connectivity index (χ0) is 18.3. The highest BCUT2D eigenvalue weighted by Crippen LogP contribution is 2.30. The first-order valence-electron chi connectivity index (χ1n) is 8.39. The topological polar surface area (TPSA) is 71.1 Å². The maximum absolute atomic E-state index is 12.5. The number of hydrogen-bond donors (Lipinski definition) is 2. The van der Waals surface area contributed by atoms with Crippen LogP contribution in [0.25, 0.3) is 0 Å². The van der Waals surface area contributed by atoms with Gasteiger partial charge in [-0.2, -0.15) is 13.2 Å². The molecule has 1 aromatic carbocycles. The summed E-state index contributed by atoms with van der Waals surface area (Å²) in [5, 5.41) is 9.91. The van der Waals surface area contributed by atoms with Crippen LogP contribution in [0.2, 0.25) is 0 Å². The van der Waals surface area contributed by atoms with Gasteiger partial charge in [0.15, 0.2) is 5.96 Å². The number of guanidine groups is 1. The number of nitrogens with zero attached hydrogens (tertiary/aromatic N) is 2. The van der Waals surface area contributed by atoms with Crippen LogP contribution in [0, 0.1) is 0 Å². The SMILES string of the molecule is I.NC(=NCC(O)COc1ccc(C(F)(F)F)cc1)N1CCCCCC1. The van der Waals surface area contributed by atoms with Crippen LogP contribution >= 0.6 is 24.0 Å². The van der Waals surface area contributed by atoms with E-state index in [4.69, 9.17) is 10.5 Å². The van der Waals surface area contributed by atoms with Gasteiger partial charge in [-0.1, -0.05) is 12.8 Å². The molecule has 5 nitrogen and oxygen atoms in total. The van der Waals surface area contributed by atoms with Crippen molar-refractivity contribution in [2.24, 2.45) is 10.7 Å². The molecule has 2 rings (SSSR count). The van der Waals surface area contributed by atoms with Gasteiger partial charge in [0.1, 0.15) is 18.5 Å². The molecule has 0 aromatic heterocycles. The zero-order valence-corrected chi connectivity index (χ0v) is 16.7. The number of nitrogens with two attached hydrogens (primary N) is 1. The first kappa shape index (κ1) is 22.8. The van der Waals surface area contributed by atoms with Crippen molar-refractivity contribution >= 4 is 29.9 Å². The molecule has 26 heavy (non-hydrogen) atoms. The van der Waals surface area contributed by atoms with E-state index in [9.17, 15) is 18.3 Å². The van der Waals surface area contributed by atoms with Crippen LogP contribution in [0.5, 0.6) is 5.75 Å². The average Bonchev–Trinajstić information content (AvgIpc) is 2.87. The van der Waals surface area contributed by atoms with Crippen LogP contribution in [0.1, 0.15) is 31.2 Å². The zero-order valence-electron chi connectivity index (χ0n) is 14.4. The minimum atomic E-state index is -4.38. The summed E-state index contributed by atoms with van der Waals surface area (Å²) in [5.74, 6) is 0.673. The fourth-order valence-corrected chi connectivity index (χ4v) is 2.58. The Bertz CT molecular complexity index is 559. The van der Waals surface area contributed by atoms with Gasteiger partial charge in [0.05, 0.1) is 12.1 Å². The lowest BCUT2D eigenvalue weighted by Crippen LogP contribution is -2.38. The molecular formula is C17H25F3IN3O2. The minimum absolute atomic E-state index is 0. The predicted octanol–water partition coefficient (Wildman–Crippen LogP) is 3.25. The number of aliphatic hydroxyl groups is 1. The summed E-state index contributed by atoms with van der Waals surface area (Å²) in [6.45, 7) is 1.76. The Morgan fingerprint density at radius 1 is 1.15 bits per heavy atom. The molecule has 0 bridgehead atoms. The maximum atomic E-state index is 12.5. The molecule has 9 heteroatoms. The molecule has 1 unspecified atom stereocenters. The van der Waals surface area contributed by atoms with E-state index in [1.807, 2.05) is 4.90 Å². The molecule has 1 saturated heterocycles. The molecule has 3 N–H and O–H groups in total. The Balaban J connectivity index is 0.00000338. The van der Waals surface area contributed by atoms with Crippen molar-refractivity contribution in [1.29, 1.82) is 0 Å². The molecule has 0 spiro atoms. The molecule has 1 heterocycles. The highest BCUT2D eigenvalue weighted by Gasteiger charge is 2.30. The largest absolute Gasteiger partial charge is 0.491 e.